The quantitative estimate of drug-likeness (QED) is 0.163. The molecule has 3 aliphatic rings. The van der Waals surface area contributed by atoms with Gasteiger partial charge in [0.15, 0.2) is 6.29 Å². The zero-order chi connectivity index (χ0) is 36.6. The van der Waals surface area contributed by atoms with Crippen LogP contribution in [0, 0.1) is 23.2 Å². The summed E-state index contributed by atoms with van der Waals surface area (Å²) in [5.41, 5.74) is 4.57. The van der Waals surface area contributed by atoms with Crippen LogP contribution in [0.25, 0.3) is 0 Å². The molecule has 0 N–H and O–H groups in total. The van der Waals surface area contributed by atoms with Crippen molar-refractivity contribution < 1.29 is 27.7 Å². The van der Waals surface area contributed by atoms with Gasteiger partial charge in [0.1, 0.15) is 5.60 Å². The minimum Gasteiger partial charge on any atom is -0.373 e. The number of hydrogen-bond acceptors (Lipinski definition) is 4. The van der Waals surface area contributed by atoms with E-state index in [9.17, 15) is 0 Å². The number of halogens is 2. The van der Waals surface area contributed by atoms with Gasteiger partial charge >= 0.3 is 0 Å². The van der Waals surface area contributed by atoms with Gasteiger partial charge in [-0.3, -0.25) is 0 Å². The van der Waals surface area contributed by atoms with E-state index < -0.39 is 17.8 Å². The average molecular weight is 705 g/mol. The fraction of sp³-hybridized carbons (Fsp3) is 0.600. The lowest BCUT2D eigenvalue weighted by Crippen LogP contribution is -2.48. The largest absolute Gasteiger partial charge is 0.373 e. The van der Waals surface area contributed by atoms with Crippen molar-refractivity contribution in [2.45, 2.75) is 143 Å². The van der Waals surface area contributed by atoms with Crippen LogP contribution < -0.4 is 0 Å². The molecule has 2 aromatic carbocycles. The van der Waals surface area contributed by atoms with E-state index in [1.165, 1.54) is 30.6 Å². The van der Waals surface area contributed by atoms with E-state index in [1.54, 1.807) is 6.92 Å². The Morgan fingerprint density at radius 2 is 1.59 bits per heavy atom. The Morgan fingerprint density at radius 3 is 2.24 bits per heavy atom. The van der Waals surface area contributed by atoms with E-state index in [2.05, 4.69) is 56.8 Å². The van der Waals surface area contributed by atoms with Crippen LogP contribution in [0.5, 0.6) is 0 Å². The molecular weight excluding hydrogens is 642 g/mol. The Balaban J connectivity index is 1.27. The summed E-state index contributed by atoms with van der Waals surface area (Å²) in [4.78, 5) is 0. The molecule has 0 radical (unpaired) electrons. The second kappa shape index (κ2) is 17.5. The van der Waals surface area contributed by atoms with Gasteiger partial charge in [0.05, 0.1) is 25.4 Å². The molecule has 0 spiro atoms. The van der Waals surface area contributed by atoms with E-state index in [4.69, 9.17) is 18.9 Å². The fourth-order valence-corrected chi connectivity index (χ4v) is 9.18. The number of rotatable bonds is 16. The molecule has 6 heteroatoms. The van der Waals surface area contributed by atoms with Crippen molar-refractivity contribution in [2.75, 3.05) is 6.61 Å². The van der Waals surface area contributed by atoms with Gasteiger partial charge in [0.25, 0.3) is 5.92 Å². The van der Waals surface area contributed by atoms with Crippen molar-refractivity contribution in [1.82, 2.24) is 0 Å². The summed E-state index contributed by atoms with van der Waals surface area (Å²) in [6.07, 6.45) is 11.4. The van der Waals surface area contributed by atoms with E-state index >= 15 is 8.78 Å². The van der Waals surface area contributed by atoms with E-state index in [1.807, 2.05) is 43.3 Å². The van der Waals surface area contributed by atoms with Gasteiger partial charge in [-0.2, -0.15) is 0 Å². The lowest BCUT2D eigenvalue weighted by molar-refractivity contribution is -0.264. The van der Waals surface area contributed by atoms with Crippen molar-refractivity contribution in [3.63, 3.8) is 0 Å². The van der Waals surface area contributed by atoms with Crippen molar-refractivity contribution in [3.8, 4) is 0 Å². The Morgan fingerprint density at radius 1 is 0.941 bits per heavy atom. The molecule has 7 atom stereocenters. The molecule has 0 amide bonds. The summed E-state index contributed by atoms with van der Waals surface area (Å²) in [6, 6.07) is 20.6. The minimum atomic E-state index is -2.96. The Bertz CT molecular complexity index is 1470. The molecule has 0 saturated heterocycles. The maximum absolute atomic E-state index is 15.6. The van der Waals surface area contributed by atoms with E-state index in [0.29, 0.717) is 38.1 Å². The van der Waals surface area contributed by atoms with Crippen LogP contribution in [0.3, 0.4) is 0 Å². The third-order valence-corrected chi connectivity index (χ3v) is 12.2. The second-order valence-electron chi connectivity index (χ2n) is 16.1. The maximum Gasteiger partial charge on any atom is 0.276 e. The topological polar surface area (TPSA) is 36.9 Å². The molecule has 3 saturated carbocycles. The predicted molar refractivity (Wildman–Crippen MR) is 202 cm³/mol. The molecule has 0 aromatic heterocycles. The smallest absolute Gasteiger partial charge is 0.276 e. The van der Waals surface area contributed by atoms with Crippen LogP contribution in [-0.2, 0) is 32.2 Å². The first-order valence-electron chi connectivity index (χ1n) is 19.4. The molecule has 4 nitrogen and oxygen atoms in total. The summed E-state index contributed by atoms with van der Waals surface area (Å²) < 4.78 is 55.2. The van der Waals surface area contributed by atoms with Crippen LogP contribution in [0.1, 0.15) is 110 Å². The Kier molecular flexibility index (Phi) is 13.5. The number of benzene rings is 2. The first-order valence-corrected chi connectivity index (χ1v) is 19.4. The first kappa shape index (κ1) is 39.6. The standard InChI is InChI=1S/C45H62F2O4/c1-8-48-34(4)51-43(5,6)45(46,47)27-25-32(2)40-23-24-41-37(20-15-26-44(40,41)7)21-22-38-28-39(49-30-35-16-11-9-12-17-35)29-42(33(38)3)50-31-36-18-13-10-14-19-36/h9-14,16-19,21-22,32,34,39-42H,3,8,15,20,23-31H2,1-2,4-7H3/b37-21+,38-22-/t32-,34?,39+,40-,41+,42-,44-/m1/s1. The summed E-state index contributed by atoms with van der Waals surface area (Å²) in [5, 5.41) is 0. The number of fused-ring (bicyclic) bond motifs is 1. The number of allylic oxidation sites excluding steroid dienone is 3. The minimum absolute atomic E-state index is 0.0327. The molecular formula is C45H62F2O4. The third kappa shape index (κ3) is 9.87. The first-order chi connectivity index (χ1) is 24.3. The molecule has 1 unspecified atom stereocenters. The van der Waals surface area contributed by atoms with Gasteiger partial charge in [0.2, 0.25) is 0 Å². The highest BCUT2D eigenvalue weighted by molar-refractivity contribution is 5.39. The van der Waals surface area contributed by atoms with Crippen molar-refractivity contribution in [2.24, 2.45) is 23.2 Å². The number of ether oxygens (including phenoxy) is 4. The van der Waals surface area contributed by atoms with Gasteiger partial charge in [-0.05, 0) is 118 Å². The lowest BCUT2D eigenvalue weighted by Gasteiger charge is -2.45. The van der Waals surface area contributed by atoms with Gasteiger partial charge in [-0.15, -0.1) is 0 Å². The van der Waals surface area contributed by atoms with Crippen LogP contribution in [0.2, 0.25) is 0 Å². The van der Waals surface area contributed by atoms with E-state index in [0.717, 1.165) is 56.1 Å². The monoisotopic (exact) mass is 704 g/mol. The summed E-state index contributed by atoms with van der Waals surface area (Å²) in [6.45, 7) is 17.2. The van der Waals surface area contributed by atoms with Crippen molar-refractivity contribution in [1.29, 1.82) is 0 Å². The predicted octanol–water partition coefficient (Wildman–Crippen LogP) is 11.8. The highest BCUT2D eigenvalue weighted by atomic mass is 19.3. The molecule has 3 fully saturated rings. The Labute approximate surface area is 306 Å². The zero-order valence-electron chi connectivity index (χ0n) is 32.0. The molecule has 0 aliphatic heterocycles. The lowest BCUT2D eigenvalue weighted by atomic mass is 9.60. The molecule has 280 valence electrons. The summed E-state index contributed by atoms with van der Waals surface area (Å²) in [5.74, 6) is -1.87. The van der Waals surface area contributed by atoms with Crippen LogP contribution in [0.15, 0.2) is 96.1 Å². The normalized spacial score (nSPS) is 28.6. The average Bonchev–Trinajstić information content (AvgIpc) is 3.47. The maximum atomic E-state index is 15.6. The van der Waals surface area contributed by atoms with Gasteiger partial charge in [-0.1, -0.05) is 98.8 Å². The number of alkyl halides is 2. The van der Waals surface area contributed by atoms with Crippen molar-refractivity contribution in [3.05, 3.63) is 107 Å². The highest BCUT2D eigenvalue weighted by Crippen LogP contribution is 2.60. The molecule has 51 heavy (non-hydrogen) atoms. The van der Waals surface area contributed by atoms with E-state index in [-0.39, 0.29) is 30.0 Å². The SMILES string of the molecule is C=C1/C(=C\C=C2/CCC[C@]3(C)[C@@H]([C@H](C)CCC(F)(F)C(C)(C)OC(C)OCC)CC[C@@H]23)C[C@H](OCc2ccccc2)C[C@H]1OCc1ccccc1. The van der Waals surface area contributed by atoms with Crippen LogP contribution >= 0.6 is 0 Å². The third-order valence-electron chi connectivity index (χ3n) is 12.2. The molecule has 3 aliphatic carbocycles. The summed E-state index contributed by atoms with van der Waals surface area (Å²) in [7, 11) is 0. The highest BCUT2D eigenvalue weighted by Gasteiger charge is 2.52. The molecule has 0 bridgehead atoms. The Hall–Kier alpha value is -2.64. The van der Waals surface area contributed by atoms with Gasteiger partial charge in [-0.25, -0.2) is 8.78 Å². The molecule has 5 rings (SSSR count). The summed E-state index contributed by atoms with van der Waals surface area (Å²) >= 11 is 0. The zero-order valence-corrected chi connectivity index (χ0v) is 32.0. The fourth-order valence-electron chi connectivity index (χ4n) is 9.18. The van der Waals surface area contributed by atoms with Crippen molar-refractivity contribution >= 4 is 0 Å². The molecule has 2 aromatic rings. The van der Waals surface area contributed by atoms with Crippen LogP contribution in [-0.4, -0.2) is 36.6 Å². The second-order valence-corrected chi connectivity index (χ2v) is 16.1. The van der Waals surface area contributed by atoms with Gasteiger partial charge in [0, 0.05) is 19.4 Å². The van der Waals surface area contributed by atoms with Gasteiger partial charge < -0.3 is 18.9 Å². The van der Waals surface area contributed by atoms with Crippen LogP contribution in [0.4, 0.5) is 8.78 Å². The number of hydrogen-bond donors (Lipinski definition) is 0. The molecule has 0 heterocycles.